The van der Waals surface area contributed by atoms with Crippen molar-refractivity contribution in [3.05, 3.63) is 0 Å². The summed E-state index contributed by atoms with van der Waals surface area (Å²) >= 11 is 0. The summed E-state index contributed by atoms with van der Waals surface area (Å²) in [5, 5.41) is 0. The van der Waals surface area contributed by atoms with Gasteiger partial charge in [-0.05, 0) is 103 Å². The van der Waals surface area contributed by atoms with Crippen molar-refractivity contribution in [3.63, 3.8) is 0 Å². The van der Waals surface area contributed by atoms with Crippen LogP contribution in [0.4, 0.5) is 0 Å². The van der Waals surface area contributed by atoms with E-state index < -0.39 is 11.7 Å². The minimum absolute atomic E-state index is 0.00635. The Morgan fingerprint density at radius 2 is 1.51 bits per heavy atom. The van der Waals surface area contributed by atoms with Gasteiger partial charge in [0.2, 0.25) is 0 Å². The zero-order chi connectivity index (χ0) is 28.5. The maximum atomic E-state index is 12.9. The second kappa shape index (κ2) is 12.5. The molecular weight excluding hydrogens is 500 g/mol. The lowest BCUT2D eigenvalue weighted by Crippen LogP contribution is -2.48. The summed E-state index contributed by atoms with van der Waals surface area (Å²) in [6.45, 7) is 15.9. The van der Waals surface area contributed by atoms with Gasteiger partial charge in [0.25, 0.3) is 12.9 Å². The van der Waals surface area contributed by atoms with Crippen LogP contribution in [0.3, 0.4) is 0 Å². The highest BCUT2D eigenvalue weighted by atomic mass is 16.6. The van der Waals surface area contributed by atoms with E-state index in [1.54, 1.807) is 0 Å². The lowest BCUT2D eigenvalue weighted by Gasteiger charge is -2.39. The minimum Gasteiger partial charge on any atom is -0.460 e. The molecule has 0 aromatic rings. The van der Waals surface area contributed by atoms with Crippen LogP contribution >= 0.6 is 0 Å². The van der Waals surface area contributed by atoms with E-state index in [4.69, 9.17) is 23.7 Å². The van der Waals surface area contributed by atoms with Gasteiger partial charge >= 0.3 is 5.97 Å². The van der Waals surface area contributed by atoms with Crippen molar-refractivity contribution in [1.82, 2.24) is 0 Å². The largest absolute Gasteiger partial charge is 0.460 e. The highest BCUT2D eigenvalue weighted by Gasteiger charge is 2.61. The number of esters is 1. The van der Waals surface area contributed by atoms with Gasteiger partial charge in [-0.2, -0.15) is 0 Å². The first-order chi connectivity index (χ1) is 18.4. The SMILES string of the molecule is CC(C)CC1C2CC(C1OCCCC1C3CC(C(=O)OC(C)(C)C)C(C3)C1OC(C)C)C(OC=O)C2OC=O. The van der Waals surface area contributed by atoms with Crippen molar-refractivity contribution >= 4 is 18.9 Å². The Kier molecular flexibility index (Phi) is 9.68. The fourth-order valence-electron chi connectivity index (χ4n) is 8.47. The summed E-state index contributed by atoms with van der Waals surface area (Å²) in [6, 6.07) is 0. The second-order valence-electron chi connectivity index (χ2n) is 14.1. The van der Waals surface area contributed by atoms with E-state index in [1.807, 2.05) is 20.8 Å². The molecular formula is C31H50O8. The Bertz CT molecular complexity index is 850. The Morgan fingerprint density at radius 3 is 2.10 bits per heavy atom. The third-order valence-corrected chi connectivity index (χ3v) is 9.50. The monoisotopic (exact) mass is 550 g/mol. The molecule has 222 valence electrons. The van der Waals surface area contributed by atoms with Gasteiger partial charge in [-0.15, -0.1) is 0 Å². The molecule has 8 nitrogen and oxygen atoms in total. The predicted octanol–water partition coefficient (Wildman–Crippen LogP) is 4.95. The molecule has 0 heterocycles. The summed E-state index contributed by atoms with van der Waals surface area (Å²) in [7, 11) is 0. The van der Waals surface area contributed by atoms with Crippen LogP contribution in [0.2, 0.25) is 0 Å². The maximum absolute atomic E-state index is 12.9. The number of hydrogen-bond donors (Lipinski definition) is 0. The van der Waals surface area contributed by atoms with E-state index in [9.17, 15) is 14.4 Å². The Hall–Kier alpha value is -1.67. The van der Waals surface area contributed by atoms with Crippen molar-refractivity contribution in [1.29, 1.82) is 0 Å². The highest BCUT2D eigenvalue weighted by Crippen LogP contribution is 2.56. The summed E-state index contributed by atoms with van der Waals surface area (Å²) in [6.07, 6.45) is 5.01. The first kappa shape index (κ1) is 30.3. The van der Waals surface area contributed by atoms with Crippen molar-refractivity contribution in [2.45, 2.75) is 123 Å². The van der Waals surface area contributed by atoms with Crippen molar-refractivity contribution in [2.24, 2.45) is 47.3 Å². The third kappa shape index (κ3) is 6.64. The first-order valence-corrected chi connectivity index (χ1v) is 15.1. The van der Waals surface area contributed by atoms with E-state index in [2.05, 4.69) is 27.7 Å². The number of rotatable bonds is 14. The van der Waals surface area contributed by atoms with Gasteiger partial charge in [-0.1, -0.05) is 13.8 Å². The molecule has 0 aliphatic heterocycles. The van der Waals surface area contributed by atoms with E-state index in [-0.39, 0.29) is 60.0 Å². The van der Waals surface area contributed by atoms with Crippen LogP contribution < -0.4 is 0 Å². The van der Waals surface area contributed by atoms with E-state index >= 15 is 0 Å². The number of carbonyl (C=O) groups is 3. The van der Waals surface area contributed by atoms with Crippen molar-refractivity contribution in [2.75, 3.05) is 6.61 Å². The molecule has 4 fully saturated rings. The molecule has 11 unspecified atom stereocenters. The van der Waals surface area contributed by atoms with Crippen LogP contribution in [0.25, 0.3) is 0 Å². The van der Waals surface area contributed by atoms with Gasteiger partial charge in [0.15, 0.2) is 0 Å². The summed E-state index contributed by atoms with van der Waals surface area (Å²) in [5.74, 6) is 1.92. The summed E-state index contributed by atoms with van der Waals surface area (Å²) in [5.41, 5.74) is -0.480. The molecule has 4 bridgehead atoms. The first-order valence-electron chi connectivity index (χ1n) is 15.1. The summed E-state index contributed by atoms with van der Waals surface area (Å²) < 4.78 is 29.6. The quantitative estimate of drug-likeness (QED) is 0.130. The molecule has 0 aromatic heterocycles. The van der Waals surface area contributed by atoms with Crippen LogP contribution in [0.1, 0.15) is 87.0 Å². The number of hydrogen-bond acceptors (Lipinski definition) is 8. The van der Waals surface area contributed by atoms with Gasteiger partial charge in [-0.25, -0.2) is 0 Å². The van der Waals surface area contributed by atoms with Gasteiger partial charge in [0, 0.05) is 18.4 Å². The molecule has 8 heteroatoms. The van der Waals surface area contributed by atoms with Crippen LogP contribution in [0, 0.1) is 47.3 Å². The van der Waals surface area contributed by atoms with Crippen molar-refractivity contribution < 1.29 is 38.1 Å². The Labute approximate surface area is 234 Å². The standard InChI is InChI=1S/C31H50O8/c1-17(2)11-21-23-14-25(29(37-16-33)28(23)36-15-32)26(21)35-10-8-9-20-19-12-22(27(20)38-18(3)4)24(13-19)30(34)39-31(5,6)7/h15-29H,8-14H2,1-7H3. The van der Waals surface area contributed by atoms with Gasteiger partial charge in [0.05, 0.1) is 24.2 Å². The molecule has 0 N–H and O–H groups in total. The second-order valence-corrected chi connectivity index (χ2v) is 14.1. The topological polar surface area (TPSA) is 97.4 Å². The van der Waals surface area contributed by atoms with Gasteiger partial charge in [-0.3, -0.25) is 14.4 Å². The average Bonchev–Trinajstić information content (AvgIpc) is 3.56. The van der Waals surface area contributed by atoms with Crippen molar-refractivity contribution in [3.8, 4) is 0 Å². The molecule has 0 radical (unpaired) electrons. The van der Waals surface area contributed by atoms with Crippen LogP contribution in [0.5, 0.6) is 0 Å². The lowest BCUT2D eigenvalue weighted by molar-refractivity contribution is -0.170. The van der Waals surface area contributed by atoms with Gasteiger partial charge < -0.3 is 23.7 Å². The van der Waals surface area contributed by atoms with Crippen LogP contribution in [-0.4, -0.2) is 61.6 Å². The zero-order valence-electron chi connectivity index (χ0n) is 24.9. The highest BCUT2D eigenvalue weighted by molar-refractivity contribution is 5.74. The molecule has 4 aliphatic carbocycles. The van der Waals surface area contributed by atoms with E-state index in [0.29, 0.717) is 37.3 Å². The molecule has 0 saturated heterocycles. The molecule has 11 atom stereocenters. The number of fused-ring (bicyclic) bond motifs is 4. The molecule has 4 aliphatic rings. The van der Waals surface area contributed by atoms with E-state index in [0.717, 1.165) is 38.5 Å². The number of carbonyl (C=O) groups excluding carboxylic acids is 3. The molecule has 0 spiro atoms. The molecule has 4 rings (SSSR count). The van der Waals surface area contributed by atoms with Crippen LogP contribution in [0.15, 0.2) is 0 Å². The zero-order valence-corrected chi connectivity index (χ0v) is 24.9. The molecule has 39 heavy (non-hydrogen) atoms. The van der Waals surface area contributed by atoms with Crippen LogP contribution in [-0.2, 0) is 38.1 Å². The fraction of sp³-hybridized carbons (Fsp3) is 0.903. The molecule has 4 saturated carbocycles. The molecule has 0 amide bonds. The summed E-state index contributed by atoms with van der Waals surface area (Å²) in [4.78, 5) is 35.3. The lowest BCUT2D eigenvalue weighted by atomic mass is 9.77. The number of ether oxygens (including phenoxy) is 5. The fourth-order valence-corrected chi connectivity index (χ4v) is 8.47. The smallest absolute Gasteiger partial charge is 0.309 e. The average molecular weight is 551 g/mol. The third-order valence-electron chi connectivity index (χ3n) is 9.50. The van der Waals surface area contributed by atoms with E-state index in [1.165, 1.54) is 0 Å². The maximum Gasteiger partial charge on any atom is 0.309 e. The Balaban J connectivity index is 1.36. The van der Waals surface area contributed by atoms with Gasteiger partial charge in [0.1, 0.15) is 17.8 Å². The normalized spacial score (nSPS) is 38.9. The molecule has 0 aromatic carbocycles. The minimum atomic E-state index is -0.480. The predicted molar refractivity (Wildman–Crippen MR) is 144 cm³/mol. The Morgan fingerprint density at radius 1 is 0.846 bits per heavy atom.